The van der Waals surface area contributed by atoms with Crippen molar-refractivity contribution in [3.63, 3.8) is 0 Å². The molecule has 0 aliphatic rings. The summed E-state index contributed by atoms with van der Waals surface area (Å²) in [6, 6.07) is 8.12. The van der Waals surface area contributed by atoms with E-state index >= 15 is 0 Å². The molecule has 0 aliphatic carbocycles. The number of rotatable bonds is 6. The average Bonchev–Trinajstić information content (AvgIpc) is 2.88. The molecule has 23 heavy (non-hydrogen) atoms. The van der Waals surface area contributed by atoms with Crippen LogP contribution >= 0.6 is 0 Å². The predicted molar refractivity (Wildman–Crippen MR) is 82.6 cm³/mol. The molecule has 0 bridgehead atoms. The summed E-state index contributed by atoms with van der Waals surface area (Å²) < 4.78 is 28.4. The van der Waals surface area contributed by atoms with Gasteiger partial charge in [-0.3, -0.25) is 9.59 Å². The lowest BCUT2D eigenvalue weighted by atomic mass is 10.1. The summed E-state index contributed by atoms with van der Waals surface area (Å²) in [5, 5.41) is 0. The smallest absolute Gasteiger partial charge is 0.265 e. The second-order valence-electron chi connectivity index (χ2n) is 4.90. The summed E-state index contributed by atoms with van der Waals surface area (Å²) in [5.41, 5.74) is 10.9. The Bertz CT molecular complexity index is 843. The minimum Gasteiger partial charge on any atom is -0.368 e. The summed E-state index contributed by atoms with van der Waals surface area (Å²) in [6.07, 6.45) is 1.23. The van der Waals surface area contributed by atoms with Crippen molar-refractivity contribution in [2.24, 2.45) is 18.5 Å². The number of carbonyl (C=O) groups excluding carboxylic acids is 2. The molecule has 0 aliphatic heterocycles. The lowest BCUT2D eigenvalue weighted by Crippen LogP contribution is -2.37. The summed E-state index contributed by atoms with van der Waals surface area (Å²) in [6.45, 7) is 0. The Labute approximate surface area is 133 Å². The molecule has 8 nitrogen and oxygen atoms in total. The van der Waals surface area contributed by atoms with Crippen LogP contribution in [0.5, 0.6) is 0 Å². The highest BCUT2D eigenvalue weighted by Crippen LogP contribution is 2.18. The fraction of sp³-hybridized carbons (Fsp3) is 0.143. The van der Waals surface area contributed by atoms with Gasteiger partial charge in [-0.15, -0.1) is 0 Å². The first-order valence-corrected chi connectivity index (χ1v) is 8.03. The van der Waals surface area contributed by atoms with E-state index in [4.69, 9.17) is 11.5 Å². The van der Waals surface area contributed by atoms with Crippen LogP contribution in [0, 0.1) is 0 Å². The Kier molecular flexibility index (Phi) is 4.52. The molecular weight excluding hydrogens is 320 g/mol. The van der Waals surface area contributed by atoms with Gasteiger partial charge in [0.1, 0.15) is 16.6 Å². The van der Waals surface area contributed by atoms with E-state index in [0.29, 0.717) is 5.56 Å². The molecule has 1 atom stereocenters. The third-order valence-electron chi connectivity index (χ3n) is 3.23. The quantitative estimate of drug-likeness (QED) is 0.662. The fourth-order valence-corrected chi connectivity index (χ4v) is 3.35. The van der Waals surface area contributed by atoms with Crippen LogP contribution < -0.4 is 16.2 Å². The van der Waals surface area contributed by atoms with Gasteiger partial charge in [-0.1, -0.05) is 30.3 Å². The molecular formula is C14H16N4O4S. The van der Waals surface area contributed by atoms with Gasteiger partial charge >= 0.3 is 0 Å². The molecule has 0 radical (unpaired) electrons. The normalized spacial score (nSPS) is 12.7. The van der Waals surface area contributed by atoms with Crippen LogP contribution in [0.1, 0.15) is 22.1 Å². The number of hydrogen-bond acceptors (Lipinski definition) is 4. The van der Waals surface area contributed by atoms with Crippen molar-refractivity contribution in [2.75, 3.05) is 0 Å². The zero-order chi connectivity index (χ0) is 17.2. The Morgan fingerprint density at radius 3 is 2.26 bits per heavy atom. The number of benzene rings is 1. The average molecular weight is 336 g/mol. The molecule has 5 N–H and O–H groups in total. The zero-order valence-electron chi connectivity index (χ0n) is 12.3. The number of nitrogens with two attached hydrogens (primary N) is 2. The minimum absolute atomic E-state index is 0.0284. The van der Waals surface area contributed by atoms with E-state index < -0.39 is 27.9 Å². The molecule has 0 spiro atoms. The summed E-state index contributed by atoms with van der Waals surface area (Å²) in [7, 11) is -2.58. The van der Waals surface area contributed by atoms with Gasteiger partial charge in [-0.25, -0.2) is 8.42 Å². The van der Waals surface area contributed by atoms with Gasteiger partial charge in [-0.2, -0.15) is 4.72 Å². The van der Waals surface area contributed by atoms with Gasteiger partial charge in [0.2, 0.25) is 15.9 Å². The highest BCUT2D eigenvalue weighted by molar-refractivity contribution is 7.89. The van der Waals surface area contributed by atoms with Gasteiger partial charge in [0.05, 0.1) is 0 Å². The molecule has 9 heteroatoms. The van der Waals surface area contributed by atoms with Crippen LogP contribution in [0.15, 0.2) is 47.5 Å². The number of sulfonamides is 1. The van der Waals surface area contributed by atoms with Crippen LogP contribution in [0.4, 0.5) is 0 Å². The number of aryl methyl sites for hydroxylation is 1. The first-order valence-electron chi connectivity index (χ1n) is 6.55. The van der Waals surface area contributed by atoms with Gasteiger partial charge in [0.25, 0.3) is 5.91 Å². The molecule has 2 rings (SSSR count). The number of hydrogen-bond donors (Lipinski definition) is 3. The highest BCUT2D eigenvalue weighted by atomic mass is 32.2. The van der Waals surface area contributed by atoms with Crippen LogP contribution in [0.3, 0.4) is 0 Å². The van der Waals surface area contributed by atoms with Gasteiger partial charge in [-0.05, 0) is 11.6 Å². The molecule has 0 saturated carbocycles. The predicted octanol–water partition coefficient (Wildman–Crippen LogP) is -0.371. The van der Waals surface area contributed by atoms with E-state index in [1.165, 1.54) is 17.8 Å². The lowest BCUT2D eigenvalue weighted by Gasteiger charge is -2.15. The third kappa shape index (κ3) is 3.58. The summed E-state index contributed by atoms with van der Waals surface area (Å²) in [4.78, 5) is 22.6. The second kappa shape index (κ2) is 6.23. The first kappa shape index (κ1) is 16.7. The Morgan fingerprint density at radius 2 is 1.78 bits per heavy atom. The Balaban J connectivity index is 2.37. The maximum Gasteiger partial charge on any atom is 0.265 e. The first-order chi connectivity index (χ1) is 10.7. The fourth-order valence-electron chi connectivity index (χ4n) is 2.09. The van der Waals surface area contributed by atoms with Gasteiger partial charge < -0.3 is 16.0 Å². The maximum absolute atomic E-state index is 12.4. The molecule has 1 aromatic carbocycles. The molecule has 2 aromatic rings. The number of primary amides is 2. The van der Waals surface area contributed by atoms with E-state index in [1.807, 2.05) is 0 Å². The van der Waals surface area contributed by atoms with E-state index in [9.17, 15) is 18.0 Å². The molecule has 1 aromatic heterocycles. The maximum atomic E-state index is 12.4. The highest BCUT2D eigenvalue weighted by Gasteiger charge is 2.27. The molecule has 0 unspecified atom stereocenters. The van der Waals surface area contributed by atoms with Crippen molar-refractivity contribution in [1.29, 1.82) is 0 Å². The molecule has 0 saturated heterocycles. The molecule has 2 amide bonds. The summed E-state index contributed by atoms with van der Waals surface area (Å²) in [5.74, 6) is -1.60. The monoisotopic (exact) mass is 336 g/mol. The van der Waals surface area contributed by atoms with Crippen LogP contribution in [-0.4, -0.2) is 24.8 Å². The Morgan fingerprint density at radius 1 is 1.17 bits per heavy atom. The number of nitrogens with zero attached hydrogens (tertiary/aromatic N) is 1. The molecule has 0 fully saturated rings. The van der Waals surface area contributed by atoms with Gasteiger partial charge in [0, 0.05) is 13.2 Å². The Hall–Kier alpha value is -2.65. The number of amides is 2. The molecule has 1 heterocycles. The summed E-state index contributed by atoms with van der Waals surface area (Å²) >= 11 is 0. The van der Waals surface area contributed by atoms with Crippen molar-refractivity contribution >= 4 is 21.8 Å². The zero-order valence-corrected chi connectivity index (χ0v) is 13.1. The van der Waals surface area contributed by atoms with E-state index in [0.717, 1.165) is 6.07 Å². The number of carbonyl (C=O) groups is 2. The second-order valence-corrected chi connectivity index (χ2v) is 6.62. The minimum atomic E-state index is -4.07. The third-order valence-corrected chi connectivity index (χ3v) is 4.62. The standard InChI is InChI=1S/C14H16N4O4S/c1-18-8-10(7-11(18)13(15)19)23(21,22)17-12(14(16)20)9-5-3-2-4-6-9/h2-8,12,17H,1H3,(H2,15,19)(H2,16,20)/t12-/m1/s1. The van der Waals surface area contributed by atoms with Crippen molar-refractivity contribution < 1.29 is 18.0 Å². The van der Waals surface area contributed by atoms with Crippen LogP contribution in [0.2, 0.25) is 0 Å². The van der Waals surface area contributed by atoms with Gasteiger partial charge in [0.15, 0.2) is 0 Å². The number of aromatic nitrogens is 1. The molecule has 122 valence electrons. The van der Waals surface area contributed by atoms with Crippen LogP contribution in [-0.2, 0) is 21.9 Å². The van der Waals surface area contributed by atoms with Crippen molar-refractivity contribution in [3.05, 3.63) is 53.9 Å². The van der Waals surface area contributed by atoms with Crippen molar-refractivity contribution in [3.8, 4) is 0 Å². The lowest BCUT2D eigenvalue weighted by molar-refractivity contribution is -0.119. The van der Waals surface area contributed by atoms with E-state index in [2.05, 4.69) is 4.72 Å². The van der Waals surface area contributed by atoms with E-state index in [-0.39, 0.29) is 10.6 Å². The van der Waals surface area contributed by atoms with E-state index in [1.54, 1.807) is 30.3 Å². The topological polar surface area (TPSA) is 137 Å². The number of nitrogens with one attached hydrogen (secondary N) is 1. The van der Waals surface area contributed by atoms with Crippen molar-refractivity contribution in [1.82, 2.24) is 9.29 Å². The largest absolute Gasteiger partial charge is 0.368 e. The van der Waals surface area contributed by atoms with Crippen LogP contribution in [0.25, 0.3) is 0 Å². The van der Waals surface area contributed by atoms with Crippen molar-refractivity contribution in [2.45, 2.75) is 10.9 Å². The SMILES string of the molecule is Cn1cc(S(=O)(=O)N[C@@H](C(N)=O)c2ccccc2)cc1C(N)=O.